The quantitative estimate of drug-likeness (QED) is 0.105. The Morgan fingerprint density at radius 3 is 2.56 bits per heavy atom. The third kappa shape index (κ3) is 6.29. The fraction of sp³-hybridized carbons (Fsp3) is 0.364. The van der Waals surface area contributed by atoms with Crippen LogP contribution in [0.4, 0.5) is 11.4 Å². The molecule has 3 rings (SSSR count). The van der Waals surface area contributed by atoms with E-state index in [-0.39, 0.29) is 17.0 Å². The number of Topliss-reactive ketones (excluding diaryl/α,β-unsaturated/α-hetero) is 1. The second kappa shape index (κ2) is 11.5. The lowest BCUT2D eigenvalue weighted by molar-refractivity contribution is -0.383. The van der Waals surface area contributed by atoms with Gasteiger partial charge in [0.05, 0.1) is 16.2 Å². The third-order valence-electron chi connectivity index (χ3n) is 5.15. The molecular weight excluding hydrogens is 412 g/mol. The number of rotatable bonds is 13. The Morgan fingerprint density at radius 2 is 1.81 bits per heavy atom. The summed E-state index contributed by atoms with van der Waals surface area (Å²) in [5, 5.41) is 21.6. The summed E-state index contributed by atoms with van der Waals surface area (Å²) in [5.74, 6) is 0.271. The molecule has 0 saturated heterocycles. The van der Waals surface area contributed by atoms with Crippen molar-refractivity contribution in [2.24, 2.45) is 0 Å². The van der Waals surface area contributed by atoms with Gasteiger partial charge < -0.3 is 10.8 Å². The molecule has 0 spiro atoms. The first kappa shape index (κ1) is 22.8. The van der Waals surface area contributed by atoms with E-state index in [9.17, 15) is 14.9 Å². The molecular formula is C22H24N6O4. The highest BCUT2D eigenvalue weighted by molar-refractivity contribution is 5.93. The number of hydrogen-bond donors (Lipinski definition) is 1. The number of benzene rings is 2. The zero-order chi connectivity index (χ0) is 22.8. The van der Waals surface area contributed by atoms with Crippen molar-refractivity contribution >= 4 is 34.4 Å². The molecule has 1 aromatic heterocycles. The molecule has 10 heteroatoms. The van der Waals surface area contributed by atoms with E-state index in [0.29, 0.717) is 30.6 Å². The summed E-state index contributed by atoms with van der Waals surface area (Å²) in [7, 11) is 0. The van der Waals surface area contributed by atoms with Gasteiger partial charge in [-0.3, -0.25) is 14.9 Å². The average molecular weight is 436 g/mol. The molecule has 0 radical (unpaired) electrons. The van der Waals surface area contributed by atoms with E-state index in [0.717, 1.165) is 43.2 Å². The van der Waals surface area contributed by atoms with Crippen LogP contribution in [0, 0.1) is 10.1 Å². The minimum atomic E-state index is -0.516. The van der Waals surface area contributed by atoms with E-state index < -0.39 is 4.92 Å². The molecule has 0 aliphatic carbocycles. The van der Waals surface area contributed by atoms with Gasteiger partial charge in [-0.25, -0.2) is 4.63 Å². The third-order valence-corrected chi connectivity index (χ3v) is 5.15. The molecule has 166 valence electrons. The predicted octanol–water partition coefficient (Wildman–Crippen LogP) is 4.34. The fourth-order valence-electron chi connectivity index (χ4n) is 3.44. The summed E-state index contributed by atoms with van der Waals surface area (Å²) in [6, 6.07) is 10.7. The van der Waals surface area contributed by atoms with Gasteiger partial charge in [-0.2, -0.15) is 4.79 Å². The maximum Gasteiger partial charge on any atom is 0.300 e. The Kier molecular flexibility index (Phi) is 8.16. The van der Waals surface area contributed by atoms with Crippen molar-refractivity contribution < 1.29 is 19.1 Å². The summed E-state index contributed by atoms with van der Waals surface area (Å²) in [4.78, 5) is 25.6. The number of nitro groups is 1. The Labute approximate surface area is 184 Å². The fourth-order valence-corrected chi connectivity index (χ4v) is 3.44. The van der Waals surface area contributed by atoms with Crippen LogP contribution in [0.25, 0.3) is 16.6 Å². The molecule has 2 aromatic carbocycles. The lowest BCUT2D eigenvalue weighted by Gasteiger charge is -2.06. The van der Waals surface area contributed by atoms with Gasteiger partial charge in [-0.05, 0) is 59.8 Å². The molecule has 0 saturated carbocycles. The Bertz CT molecular complexity index is 1120. The van der Waals surface area contributed by atoms with Crippen LogP contribution >= 0.6 is 0 Å². The van der Waals surface area contributed by atoms with Crippen molar-refractivity contribution in [3.05, 3.63) is 63.2 Å². The first-order valence-electron chi connectivity index (χ1n) is 10.5. The Morgan fingerprint density at radius 1 is 1.06 bits per heavy atom. The predicted molar refractivity (Wildman–Crippen MR) is 119 cm³/mol. The monoisotopic (exact) mass is 436 g/mol. The molecule has 0 unspecified atom stereocenters. The standard InChI is InChI=1S/C22H24N6O4/c23-25-15-17-10-8-16(9-11-17)5-4-7-18(29)6-2-1-3-14-24-19-12-13-20(28(30)31)22-21(19)26-32-27-22/h8-13,15,24H,1-7,14H2. The molecule has 0 amide bonds. The smallest absolute Gasteiger partial charge is 0.300 e. The normalized spacial score (nSPS) is 10.6. The minimum Gasteiger partial charge on any atom is -0.383 e. The van der Waals surface area contributed by atoms with Crippen LogP contribution < -0.4 is 5.32 Å². The second-order valence-corrected chi connectivity index (χ2v) is 7.47. The number of hydrogen-bond acceptors (Lipinski definition) is 7. The second-order valence-electron chi connectivity index (χ2n) is 7.47. The van der Waals surface area contributed by atoms with Crippen molar-refractivity contribution in [3.8, 4) is 0 Å². The number of aromatic nitrogens is 2. The van der Waals surface area contributed by atoms with Crippen LogP contribution in [0.15, 0.2) is 41.0 Å². The molecule has 0 bridgehead atoms. The number of carbonyl (C=O) groups excluding carboxylic acids is 1. The van der Waals surface area contributed by atoms with E-state index >= 15 is 0 Å². The summed E-state index contributed by atoms with van der Waals surface area (Å²) in [5.41, 5.74) is 11.5. The van der Waals surface area contributed by atoms with Crippen LogP contribution in [-0.4, -0.2) is 38.6 Å². The molecule has 1 N–H and O–H groups in total. The zero-order valence-corrected chi connectivity index (χ0v) is 17.6. The van der Waals surface area contributed by atoms with E-state index in [4.69, 9.17) is 5.53 Å². The number of carbonyl (C=O) groups is 1. The first-order valence-corrected chi connectivity index (χ1v) is 10.5. The van der Waals surface area contributed by atoms with Crippen LogP contribution in [-0.2, 0) is 11.2 Å². The molecule has 32 heavy (non-hydrogen) atoms. The Hall–Kier alpha value is -3.91. The van der Waals surface area contributed by atoms with Crippen molar-refractivity contribution in [1.82, 2.24) is 10.3 Å². The van der Waals surface area contributed by atoms with Gasteiger partial charge in [-0.1, -0.05) is 18.6 Å². The maximum absolute atomic E-state index is 12.1. The lowest BCUT2D eigenvalue weighted by atomic mass is 10.0. The van der Waals surface area contributed by atoms with Crippen LogP contribution in [0.1, 0.15) is 49.7 Å². The number of anilines is 1. The lowest BCUT2D eigenvalue weighted by Crippen LogP contribution is -2.04. The average Bonchev–Trinajstić information content (AvgIpc) is 3.27. The van der Waals surface area contributed by atoms with Gasteiger partial charge in [0.2, 0.25) is 5.52 Å². The zero-order valence-electron chi connectivity index (χ0n) is 17.6. The van der Waals surface area contributed by atoms with E-state index in [1.54, 1.807) is 6.07 Å². The van der Waals surface area contributed by atoms with Gasteiger partial charge in [0.1, 0.15) is 5.78 Å². The van der Waals surface area contributed by atoms with Crippen molar-refractivity contribution in [3.63, 3.8) is 0 Å². The van der Waals surface area contributed by atoms with Crippen LogP contribution in [0.3, 0.4) is 0 Å². The summed E-state index contributed by atoms with van der Waals surface area (Å²) in [6.45, 7) is 0.658. The highest BCUT2D eigenvalue weighted by Gasteiger charge is 2.19. The molecule has 0 aliphatic heterocycles. The number of unbranched alkanes of at least 4 members (excludes halogenated alkanes) is 2. The molecule has 0 aliphatic rings. The number of ketones is 1. The molecule has 0 fully saturated rings. The van der Waals surface area contributed by atoms with Crippen LogP contribution in [0.5, 0.6) is 0 Å². The van der Waals surface area contributed by atoms with Crippen molar-refractivity contribution in [2.75, 3.05) is 11.9 Å². The van der Waals surface area contributed by atoms with Crippen molar-refractivity contribution in [1.29, 1.82) is 0 Å². The highest BCUT2D eigenvalue weighted by Crippen LogP contribution is 2.28. The number of non-ortho nitro benzene ring substituents is 1. The Balaban J connectivity index is 1.30. The maximum atomic E-state index is 12.1. The molecule has 10 nitrogen and oxygen atoms in total. The molecule has 1 heterocycles. The SMILES string of the molecule is [N-]=[N+]=Cc1ccc(CCCC(=O)CCCCCNc2ccc([N+](=O)[O-])c3nonc23)cc1. The number of nitrogens with one attached hydrogen (secondary N) is 1. The summed E-state index contributed by atoms with van der Waals surface area (Å²) in [6.07, 6.45) is 6.76. The largest absolute Gasteiger partial charge is 0.383 e. The van der Waals surface area contributed by atoms with Gasteiger partial charge in [0.15, 0.2) is 5.52 Å². The number of nitro benzene ring substituents is 1. The minimum absolute atomic E-state index is 0.126. The summed E-state index contributed by atoms with van der Waals surface area (Å²) < 4.78 is 4.65. The number of aryl methyl sites for hydroxylation is 1. The first-order chi connectivity index (χ1) is 15.6. The number of nitrogens with zero attached hydrogens (tertiary/aromatic N) is 5. The van der Waals surface area contributed by atoms with E-state index in [1.165, 1.54) is 12.3 Å². The van der Waals surface area contributed by atoms with E-state index in [1.807, 2.05) is 24.3 Å². The van der Waals surface area contributed by atoms with Gasteiger partial charge in [-0.15, -0.1) is 0 Å². The van der Waals surface area contributed by atoms with E-state index in [2.05, 4.69) is 25.0 Å². The van der Waals surface area contributed by atoms with Crippen LogP contribution in [0.2, 0.25) is 0 Å². The molecule has 0 atom stereocenters. The topological polar surface area (TPSA) is 148 Å². The molecule has 3 aromatic rings. The highest BCUT2D eigenvalue weighted by atomic mass is 16.6. The van der Waals surface area contributed by atoms with Crippen molar-refractivity contribution in [2.45, 2.75) is 44.9 Å². The van der Waals surface area contributed by atoms with Gasteiger partial charge >= 0.3 is 5.69 Å². The van der Waals surface area contributed by atoms with Gasteiger partial charge in [0, 0.05) is 25.5 Å². The van der Waals surface area contributed by atoms with Gasteiger partial charge in [0.25, 0.3) is 6.21 Å². The number of fused-ring (bicyclic) bond motifs is 1. The summed E-state index contributed by atoms with van der Waals surface area (Å²) >= 11 is 0.